The first kappa shape index (κ1) is 12.1. The molecule has 1 aliphatic rings. The predicted molar refractivity (Wildman–Crippen MR) is 66.0 cm³/mol. The van der Waals surface area contributed by atoms with E-state index in [0.717, 1.165) is 11.7 Å². The van der Waals surface area contributed by atoms with Gasteiger partial charge in [-0.2, -0.15) is 0 Å². The highest BCUT2D eigenvalue weighted by molar-refractivity contribution is 6.56. The average molecular weight is 193 g/mol. The molecule has 0 nitrogen and oxygen atoms in total. The molecule has 81 valence electrons. The zero-order valence-corrected chi connectivity index (χ0v) is 10.9. The second kappa shape index (κ2) is 3.91. The van der Waals surface area contributed by atoms with Gasteiger partial charge in [-0.1, -0.05) is 71.9 Å². The quantitative estimate of drug-likeness (QED) is 0.575. The van der Waals surface area contributed by atoms with Crippen LogP contribution in [0.5, 0.6) is 0 Å². The van der Waals surface area contributed by atoms with Crippen molar-refractivity contribution < 1.29 is 0 Å². The lowest BCUT2D eigenvalue weighted by Crippen LogP contribution is -2.21. The van der Waals surface area contributed by atoms with Crippen molar-refractivity contribution in [3.63, 3.8) is 0 Å². The summed E-state index contributed by atoms with van der Waals surface area (Å²) in [6.45, 7) is 14.2. The van der Waals surface area contributed by atoms with Crippen LogP contribution in [0.1, 0.15) is 60.8 Å². The zero-order valence-electron chi connectivity index (χ0n) is 10.9. The predicted octanol–water partition coefficient (Wildman–Crippen LogP) is 4.54. The molecule has 1 rings (SSSR count). The van der Waals surface area contributed by atoms with Crippen LogP contribution in [0.3, 0.4) is 0 Å². The van der Waals surface area contributed by atoms with Gasteiger partial charge in [0.15, 0.2) is 0 Å². The van der Waals surface area contributed by atoms with E-state index in [4.69, 9.17) is 0 Å². The highest BCUT2D eigenvalue weighted by atomic mass is 14.4. The summed E-state index contributed by atoms with van der Waals surface area (Å²) >= 11 is 0. The molecule has 0 bridgehead atoms. The molecule has 0 aromatic heterocycles. The molecule has 1 aliphatic heterocycles. The summed E-state index contributed by atoms with van der Waals surface area (Å²) in [5.41, 5.74) is 0.479. The highest BCUT2D eigenvalue weighted by Crippen LogP contribution is 2.63. The molecule has 1 heteroatoms. The standard InChI is InChI=1S/C13H26B/c1-7-10(12(3,4)5)9-13(6)11(8-2)14-13/h10-11H,7-9H2,1-6H3. The first-order valence-electron chi connectivity index (χ1n) is 6.19. The second-order valence-electron chi connectivity index (χ2n) is 6.36. The van der Waals surface area contributed by atoms with E-state index in [-0.39, 0.29) is 0 Å². The number of hydrogen-bond donors (Lipinski definition) is 0. The fourth-order valence-corrected chi connectivity index (χ4v) is 2.81. The molecule has 0 amide bonds. The van der Waals surface area contributed by atoms with Crippen LogP contribution in [0, 0.1) is 11.3 Å². The van der Waals surface area contributed by atoms with Crippen LogP contribution in [-0.2, 0) is 0 Å². The van der Waals surface area contributed by atoms with Crippen molar-refractivity contribution in [2.24, 2.45) is 11.3 Å². The summed E-state index contributed by atoms with van der Waals surface area (Å²) in [5, 5.41) is 0.572. The topological polar surface area (TPSA) is 0 Å². The molecular weight excluding hydrogens is 167 g/mol. The van der Waals surface area contributed by atoms with Gasteiger partial charge in [0.05, 0.1) is 0 Å². The molecule has 1 heterocycles. The van der Waals surface area contributed by atoms with Crippen molar-refractivity contribution in [3.8, 4) is 0 Å². The molecular formula is C13H26B. The second-order valence-corrected chi connectivity index (χ2v) is 6.36. The molecule has 1 saturated heterocycles. The van der Waals surface area contributed by atoms with E-state index in [1.165, 1.54) is 19.3 Å². The third-order valence-corrected chi connectivity index (χ3v) is 4.16. The molecule has 0 aliphatic carbocycles. The minimum Gasteiger partial charge on any atom is -0.0702 e. The van der Waals surface area contributed by atoms with Crippen molar-refractivity contribution in [3.05, 3.63) is 0 Å². The zero-order chi connectivity index (χ0) is 11.0. The van der Waals surface area contributed by atoms with Gasteiger partial charge in [-0.3, -0.25) is 0 Å². The van der Waals surface area contributed by atoms with E-state index in [2.05, 4.69) is 48.8 Å². The molecule has 1 fully saturated rings. The summed E-state index contributed by atoms with van der Waals surface area (Å²) in [5.74, 6) is 1.78. The van der Waals surface area contributed by atoms with Crippen LogP contribution in [-0.4, -0.2) is 7.28 Å². The maximum Gasteiger partial charge on any atom is 0.120 e. The van der Waals surface area contributed by atoms with E-state index < -0.39 is 0 Å². The Hall–Kier alpha value is 0.0649. The van der Waals surface area contributed by atoms with Crippen molar-refractivity contribution >= 4 is 7.28 Å². The SMILES string of the molecule is CCC(CC1(C)[B]C1CC)C(C)(C)C. The van der Waals surface area contributed by atoms with Crippen LogP contribution in [0.4, 0.5) is 0 Å². The van der Waals surface area contributed by atoms with Gasteiger partial charge in [-0.05, 0) is 11.3 Å². The summed E-state index contributed by atoms with van der Waals surface area (Å²) in [4.78, 5) is 0. The fourth-order valence-electron chi connectivity index (χ4n) is 2.81. The van der Waals surface area contributed by atoms with Gasteiger partial charge in [-0.25, -0.2) is 0 Å². The molecule has 0 aromatic carbocycles. The van der Waals surface area contributed by atoms with Crippen LogP contribution in [0.15, 0.2) is 0 Å². The summed E-state index contributed by atoms with van der Waals surface area (Å²) in [6.07, 6.45) is 4.05. The minimum atomic E-state index is 0.479. The van der Waals surface area contributed by atoms with E-state index in [9.17, 15) is 0 Å². The lowest BCUT2D eigenvalue weighted by molar-refractivity contribution is 0.205. The van der Waals surface area contributed by atoms with Crippen molar-refractivity contribution in [1.29, 1.82) is 0 Å². The van der Waals surface area contributed by atoms with Gasteiger partial charge in [0.1, 0.15) is 7.28 Å². The summed E-state index contributed by atoms with van der Waals surface area (Å²) in [7, 11) is 2.56. The first-order valence-corrected chi connectivity index (χ1v) is 6.19. The number of hydrogen-bond acceptors (Lipinski definition) is 0. The monoisotopic (exact) mass is 193 g/mol. The third-order valence-electron chi connectivity index (χ3n) is 4.16. The lowest BCUT2D eigenvalue weighted by Gasteiger charge is -2.33. The van der Waals surface area contributed by atoms with Gasteiger partial charge >= 0.3 is 0 Å². The summed E-state index contributed by atoms with van der Waals surface area (Å²) < 4.78 is 0. The van der Waals surface area contributed by atoms with Gasteiger partial charge in [-0.15, -0.1) is 0 Å². The van der Waals surface area contributed by atoms with Crippen LogP contribution < -0.4 is 0 Å². The largest absolute Gasteiger partial charge is 0.120 e. The first-order chi connectivity index (χ1) is 6.33. The maximum atomic E-state index is 2.56. The van der Waals surface area contributed by atoms with Crippen LogP contribution in [0.2, 0.25) is 11.1 Å². The molecule has 0 spiro atoms. The van der Waals surface area contributed by atoms with Crippen LogP contribution >= 0.6 is 0 Å². The fraction of sp³-hybridized carbons (Fsp3) is 1.00. The van der Waals surface area contributed by atoms with E-state index in [1.54, 1.807) is 0 Å². The Morgan fingerprint density at radius 2 is 1.86 bits per heavy atom. The highest BCUT2D eigenvalue weighted by Gasteiger charge is 2.50. The smallest absolute Gasteiger partial charge is 0.0702 e. The molecule has 0 aromatic rings. The normalized spacial score (nSPS) is 33.7. The Morgan fingerprint density at radius 3 is 2.14 bits per heavy atom. The van der Waals surface area contributed by atoms with E-state index >= 15 is 0 Å². The lowest BCUT2D eigenvalue weighted by atomic mass is 9.70. The Balaban J connectivity index is 2.51. The molecule has 0 saturated carbocycles. The van der Waals surface area contributed by atoms with Crippen molar-refractivity contribution in [2.45, 2.75) is 71.9 Å². The number of rotatable bonds is 4. The van der Waals surface area contributed by atoms with Crippen molar-refractivity contribution in [2.75, 3.05) is 0 Å². The van der Waals surface area contributed by atoms with E-state index in [0.29, 0.717) is 10.7 Å². The average Bonchev–Trinajstić information content (AvgIpc) is 2.71. The maximum absolute atomic E-state index is 2.56. The van der Waals surface area contributed by atoms with Crippen molar-refractivity contribution in [1.82, 2.24) is 0 Å². The van der Waals surface area contributed by atoms with Gasteiger partial charge in [0, 0.05) is 0 Å². The molecule has 0 N–H and O–H groups in total. The Kier molecular flexibility index (Phi) is 3.39. The Labute approximate surface area is 91.1 Å². The summed E-state index contributed by atoms with van der Waals surface area (Å²) in [6, 6.07) is 0. The van der Waals surface area contributed by atoms with Gasteiger partial charge in [0.2, 0.25) is 0 Å². The van der Waals surface area contributed by atoms with Crippen LogP contribution in [0.25, 0.3) is 0 Å². The Morgan fingerprint density at radius 1 is 1.29 bits per heavy atom. The Bertz CT molecular complexity index is 192. The minimum absolute atomic E-state index is 0.479. The molecule has 1 radical (unpaired) electrons. The van der Waals surface area contributed by atoms with Gasteiger partial charge < -0.3 is 0 Å². The third kappa shape index (κ3) is 2.55. The molecule has 14 heavy (non-hydrogen) atoms. The molecule has 3 atom stereocenters. The molecule has 3 unspecified atom stereocenters. The van der Waals surface area contributed by atoms with Gasteiger partial charge in [0.25, 0.3) is 0 Å². The van der Waals surface area contributed by atoms with E-state index in [1.807, 2.05) is 0 Å².